The minimum Gasteiger partial charge on any atom is -0.335 e. The first-order valence-corrected chi connectivity index (χ1v) is 8.81. The Morgan fingerprint density at radius 1 is 1.08 bits per heavy atom. The lowest BCUT2D eigenvalue weighted by Crippen LogP contribution is -2.24. The number of halogens is 1. The number of carbonyl (C=O) groups is 1. The minimum absolute atomic E-state index is 0.00882. The first kappa shape index (κ1) is 16.8. The van der Waals surface area contributed by atoms with Crippen LogP contribution in [0.2, 0.25) is 0 Å². The van der Waals surface area contributed by atoms with Gasteiger partial charge >= 0.3 is 0 Å². The van der Waals surface area contributed by atoms with E-state index in [0.717, 1.165) is 32.2 Å². The van der Waals surface area contributed by atoms with Gasteiger partial charge < -0.3 is 9.88 Å². The van der Waals surface area contributed by atoms with Crippen molar-refractivity contribution in [2.24, 2.45) is 0 Å². The van der Waals surface area contributed by atoms with Crippen LogP contribution in [0.15, 0.2) is 47.1 Å². The SMILES string of the molecule is Cc1cc(C)c(NC(=O)C(C)n2ccc3cc(Br)ccc32)c(C)c1. The Bertz CT molecular complexity index is 904. The average Bonchev–Trinajstić information content (AvgIpc) is 2.92. The molecule has 1 N–H and O–H groups in total. The standard InChI is InChI=1S/C20H21BrN2O/c1-12-9-13(2)19(14(3)10-12)22-20(24)15(4)23-8-7-16-11-17(21)5-6-18(16)23/h5-11,15H,1-4H3,(H,22,24). The van der Waals surface area contributed by atoms with Crippen molar-refractivity contribution in [3.63, 3.8) is 0 Å². The van der Waals surface area contributed by atoms with E-state index in [4.69, 9.17) is 0 Å². The molecular formula is C20H21BrN2O. The van der Waals surface area contributed by atoms with Gasteiger partial charge in [-0.25, -0.2) is 0 Å². The maximum atomic E-state index is 12.8. The van der Waals surface area contributed by atoms with Crippen LogP contribution < -0.4 is 5.32 Å². The van der Waals surface area contributed by atoms with E-state index in [1.54, 1.807) is 0 Å². The number of benzene rings is 2. The number of aromatic nitrogens is 1. The maximum Gasteiger partial charge on any atom is 0.247 e. The Morgan fingerprint density at radius 2 is 1.75 bits per heavy atom. The zero-order valence-electron chi connectivity index (χ0n) is 14.4. The summed E-state index contributed by atoms with van der Waals surface area (Å²) in [7, 11) is 0. The van der Waals surface area contributed by atoms with Gasteiger partial charge in [-0.05, 0) is 63.1 Å². The number of fused-ring (bicyclic) bond motifs is 1. The Balaban J connectivity index is 1.90. The number of anilines is 1. The summed E-state index contributed by atoms with van der Waals surface area (Å²) in [5.41, 5.74) is 5.36. The lowest BCUT2D eigenvalue weighted by atomic mass is 10.0. The smallest absolute Gasteiger partial charge is 0.247 e. The van der Waals surface area contributed by atoms with Crippen LogP contribution in [0.3, 0.4) is 0 Å². The van der Waals surface area contributed by atoms with Crippen molar-refractivity contribution >= 4 is 38.4 Å². The van der Waals surface area contributed by atoms with Crippen LogP contribution >= 0.6 is 15.9 Å². The average molecular weight is 385 g/mol. The molecule has 3 nitrogen and oxygen atoms in total. The molecule has 0 aliphatic carbocycles. The summed E-state index contributed by atoms with van der Waals surface area (Å²) in [5.74, 6) is -0.00882. The number of nitrogens with one attached hydrogen (secondary N) is 1. The van der Waals surface area contributed by atoms with Crippen LogP contribution in [0, 0.1) is 20.8 Å². The molecule has 3 aromatic rings. The Morgan fingerprint density at radius 3 is 2.42 bits per heavy atom. The molecule has 0 aliphatic rings. The van der Waals surface area contributed by atoms with E-state index in [9.17, 15) is 4.79 Å². The highest BCUT2D eigenvalue weighted by molar-refractivity contribution is 9.10. The summed E-state index contributed by atoms with van der Waals surface area (Å²) in [6.07, 6.45) is 1.97. The van der Waals surface area contributed by atoms with Crippen LogP contribution in [0.4, 0.5) is 5.69 Å². The summed E-state index contributed by atoms with van der Waals surface area (Å²) in [4.78, 5) is 12.8. The van der Waals surface area contributed by atoms with Gasteiger partial charge in [0.15, 0.2) is 0 Å². The molecule has 1 aromatic heterocycles. The molecule has 24 heavy (non-hydrogen) atoms. The summed E-state index contributed by atoms with van der Waals surface area (Å²) in [6.45, 7) is 8.06. The van der Waals surface area contributed by atoms with Crippen molar-refractivity contribution in [3.8, 4) is 0 Å². The highest BCUT2D eigenvalue weighted by Crippen LogP contribution is 2.26. The van der Waals surface area contributed by atoms with Crippen LogP contribution in [-0.2, 0) is 4.79 Å². The zero-order chi connectivity index (χ0) is 17.4. The van der Waals surface area contributed by atoms with Gasteiger partial charge in [0.1, 0.15) is 6.04 Å². The lowest BCUT2D eigenvalue weighted by molar-refractivity contribution is -0.118. The second-order valence-corrected chi connectivity index (χ2v) is 7.28. The summed E-state index contributed by atoms with van der Waals surface area (Å²) >= 11 is 3.49. The number of aryl methyl sites for hydroxylation is 3. The molecule has 2 aromatic carbocycles. The number of hydrogen-bond donors (Lipinski definition) is 1. The maximum absolute atomic E-state index is 12.8. The Hall–Kier alpha value is -2.07. The highest BCUT2D eigenvalue weighted by atomic mass is 79.9. The Labute approximate surface area is 150 Å². The molecule has 0 saturated carbocycles. The van der Waals surface area contributed by atoms with Crippen LogP contribution in [0.1, 0.15) is 29.7 Å². The Kier molecular flexibility index (Phi) is 4.50. The van der Waals surface area contributed by atoms with Gasteiger partial charge in [-0.2, -0.15) is 0 Å². The van der Waals surface area contributed by atoms with Crippen molar-refractivity contribution < 1.29 is 4.79 Å². The molecule has 124 valence electrons. The molecule has 1 atom stereocenters. The fraction of sp³-hybridized carbons (Fsp3) is 0.250. The molecule has 0 radical (unpaired) electrons. The third kappa shape index (κ3) is 3.11. The zero-order valence-corrected chi connectivity index (χ0v) is 15.9. The predicted molar refractivity (Wildman–Crippen MR) is 104 cm³/mol. The summed E-state index contributed by atoms with van der Waals surface area (Å²) < 4.78 is 3.05. The van der Waals surface area contributed by atoms with E-state index in [2.05, 4.69) is 46.4 Å². The minimum atomic E-state index is -0.288. The van der Waals surface area contributed by atoms with E-state index < -0.39 is 0 Å². The van der Waals surface area contributed by atoms with Gasteiger partial charge in [-0.1, -0.05) is 33.6 Å². The van der Waals surface area contributed by atoms with Crippen molar-refractivity contribution in [3.05, 3.63) is 63.8 Å². The molecular weight excluding hydrogens is 364 g/mol. The fourth-order valence-electron chi connectivity index (χ4n) is 3.20. The normalized spacial score (nSPS) is 12.4. The van der Waals surface area contributed by atoms with Crippen molar-refractivity contribution in [1.29, 1.82) is 0 Å². The molecule has 1 heterocycles. The van der Waals surface area contributed by atoms with Gasteiger partial charge in [0.2, 0.25) is 5.91 Å². The van der Waals surface area contributed by atoms with Crippen LogP contribution in [0.25, 0.3) is 10.9 Å². The monoisotopic (exact) mass is 384 g/mol. The van der Waals surface area contributed by atoms with E-state index in [0.29, 0.717) is 0 Å². The van der Waals surface area contributed by atoms with Gasteiger partial charge in [0, 0.05) is 27.3 Å². The molecule has 0 saturated heterocycles. The molecule has 0 fully saturated rings. The number of nitrogens with zero attached hydrogens (tertiary/aromatic N) is 1. The highest BCUT2D eigenvalue weighted by Gasteiger charge is 2.18. The molecule has 0 bridgehead atoms. The van der Waals surface area contributed by atoms with E-state index >= 15 is 0 Å². The second kappa shape index (κ2) is 6.44. The van der Waals surface area contributed by atoms with Gasteiger partial charge in [0.25, 0.3) is 0 Å². The molecule has 1 unspecified atom stereocenters. The summed E-state index contributed by atoms with van der Waals surface area (Å²) in [6, 6.07) is 12.0. The largest absolute Gasteiger partial charge is 0.335 e. The van der Waals surface area contributed by atoms with E-state index in [1.165, 1.54) is 5.56 Å². The van der Waals surface area contributed by atoms with Gasteiger partial charge in [-0.3, -0.25) is 4.79 Å². The van der Waals surface area contributed by atoms with Crippen LogP contribution in [0.5, 0.6) is 0 Å². The predicted octanol–water partition coefficient (Wildman–Crippen LogP) is 5.53. The van der Waals surface area contributed by atoms with Crippen molar-refractivity contribution in [2.75, 3.05) is 5.32 Å². The summed E-state index contributed by atoms with van der Waals surface area (Å²) in [5, 5.41) is 4.22. The van der Waals surface area contributed by atoms with Crippen LogP contribution in [-0.4, -0.2) is 10.5 Å². The number of amides is 1. The first-order valence-electron chi connectivity index (χ1n) is 8.01. The number of rotatable bonds is 3. The number of hydrogen-bond acceptors (Lipinski definition) is 1. The number of carbonyl (C=O) groups excluding carboxylic acids is 1. The molecule has 0 spiro atoms. The van der Waals surface area contributed by atoms with E-state index in [1.807, 2.05) is 49.7 Å². The molecule has 4 heteroatoms. The first-order chi connectivity index (χ1) is 11.4. The quantitative estimate of drug-likeness (QED) is 0.632. The second-order valence-electron chi connectivity index (χ2n) is 6.37. The molecule has 1 amide bonds. The molecule has 3 rings (SSSR count). The van der Waals surface area contributed by atoms with Crippen molar-refractivity contribution in [2.45, 2.75) is 33.7 Å². The topological polar surface area (TPSA) is 34.0 Å². The van der Waals surface area contributed by atoms with Gasteiger partial charge in [-0.15, -0.1) is 0 Å². The van der Waals surface area contributed by atoms with E-state index in [-0.39, 0.29) is 11.9 Å². The third-order valence-electron chi connectivity index (χ3n) is 4.40. The fourth-order valence-corrected chi connectivity index (χ4v) is 3.58. The lowest BCUT2D eigenvalue weighted by Gasteiger charge is -2.18. The van der Waals surface area contributed by atoms with Gasteiger partial charge in [0.05, 0.1) is 0 Å². The van der Waals surface area contributed by atoms with Crippen molar-refractivity contribution in [1.82, 2.24) is 4.57 Å². The molecule has 0 aliphatic heterocycles. The third-order valence-corrected chi connectivity index (χ3v) is 4.90.